The van der Waals surface area contributed by atoms with Gasteiger partial charge in [-0.05, 0) is 30.0 Å². The van der Waals surface area contributed by atoms with Crippen LogP contribution in [0.3, 0.4) is 0 Å². The SMILES string of the molecule is CC(=O)N1CCc2ccccc2[C@@H]1C(=O)N[C@@H](C)c1ccccc1. The van der Waals surface area contributed by atoms with Crippen molar-refractivity contribution in [2.24, 2.45) is 0 Å². The van der Waals surface area contributed by atoms with Crippen LogP contribution in [-0.2, 0) is 16.0 Å². The van der Waals surface area contributed by atoms with Crippen LogP contribution in [0, 0.1) is 0 Å². The smallest absolute Gasteiger partial charge is 0.247 e. The average Bonchev–Trinajstić information content (AvgIpc) is 2.61. The number of hydrogen-bond donors (Lipinski definition) is 1. The van der Waals surface area contributed by atoms with Gasteiger partial charge in [-0.1, -0.05) is 54.6 Å². The number of benzene rings is 2. The summed E-state index contributed by atoms with van der Waals surface area (Å²) in [6.07, 6.45) is 0.785. The van der Waals surface area contributed by atoms with Crippen LogP contribution in [0.5, 0.6) is 0 Å². The highest BCUT2D eigenvalue weighted by Crippen LogP contribution is 2.30. The lowest BCUT2D eigenvalue weighted by molar-refractivity contribution is -0.140. The molecule has 0 aliphatic carbocycles. The summed E-state index contributed by atoms with van der Waals surface area (Å²) in [4.78, 5) is 26.6. The fraction of sp³-hybridized carbons (Fsp3) is 0.300. The molecule has 1 aliphatic rings. The fourth-order valence-corrected chi connectivity index (χ4v) is 3.31. The zero-order valence-corrected chi connectivity index (χ0v) is 14.0. The number of rotatable bonds is 3. The minimum Gasteiger partial charge on any atom is -0.347 e. The van der Waals surface area contributed by atoms with Gasteiger partial charge in [-0.2, -0.15) is 0 Å². The normalized spacial score (nSPS) is 17.8. The van der Waals surface area contributed by atoms with Gasteiger partial charge in [0.25, 0.3) is 0 Å². The number of nitrogens with zero attached hydrogens (tertiary/aromatic N) is 1. The van der Waals surface area contributed by atoms with Crippen molar-refractivity contribution in [1.29, 1.82) is 0 Å². The van der Waals surface area contributed by atoms with Gasteiger partial charge in [0.2, 0.25) is 11.8 Å². The first-order chi connectivity index (χ1) is 11.6. The number of carbonyl (C=O) groups excluding carboxylic acids is 2. The second-order valence-corrected chi connectivity index (χ2v) is 6.20. The monoisotopic (exact) mass is 322 g/mol. The molecule has 1 N–H and O–H groups in total. The second-order valence-electron chi connectivity index (χ2n) is 6.20. The van der Waals surface area contributed by atoms with Crippen LogP contribution in [0.1, 0.15) is 42.6 Å². The van der Waals surface area contributed by atoms with Crippen molar-refractivity contribution in [1.82, 2.24) is 10.2 Å². The molecule has 0 saturated heterocycles. The van der Waals surface area contributed by atoms with Gasteiger partial charge in [-0.15, -0.1) is 0 Å². The predicted octanol–water partition coefficient (Wildman–Crippen LogP) is 3.01. The molecule has 4 nitrogen and oxygen atoms in total. The van der Waals surface area contributed by atoms with Crippen LogP contribution < -0.4 is 5.32 Å². The van der Waals surface area contributed by atoms with Crippen LogP contribution in [0.2, 0.25) is 0 Å². The molecule has 2 aromatic carbocycles. The Morgan fingerprint density at radius 3 is 2.46 bits per heavy atom. The average molecular weight is 322 g/mol. The van der Waals surface area contributed by atoms with Gasteiger partial charge in [-0.25, -0.2) is 0 Å². The minimum atomic E-state index is -0.557. The minimum absolute atomic E-state index is 0.0722. The van der Waals surface area contributed by atoms with Gasteiger partial charge in [0.15, 0.2) is 0 Å². The fourth-order valence-electron chi connectivity index (χ4n) is 3.31. The maximum atomic E-state index is 13.0. The number of hydrogen-bond acceptors (Lipinski definition) is 2. The molecular weight excluding hydrogens is 300 g/mol. The summed E-state index contributed by atoms with van der Waals surface area (Å²) >= 11 is 0. The van der Waals surface area contributed by atoms with E-state index in [4.69, 9.17) is 0 Å². The molecule has 24 heavy (non-hydrogen) atoms. The maximum Gasteiger partial charge on any atom is 0.247 e. The highest BCUT2D eigenvalue weighted by molar-refractivity contribution is 5.89. The van der Waals surface area contributed by atoms with E-state index < -0.39 is 6.04 Å². The third-order valence-electron chi connectivity index (χ3n) is 4.59. The van der Waals surface area contributed by atoms with Gasteiger partial charge >= 0.3 is 0 Å². The van der Waals surface area contributed by atoms with Gasteiger partial charge < -0.3 is 10.2 Å². The first-order valence-corrected chi connectivity index (χ1v) is 8.28. The van der Waals surface area contributed by atoms with E-state index in [0.29, 0.717) is 6.54 Å². The Bertz CT molecular complexity index is 742. The maximum absolute atomic E-state index is 13.0. The molecule has 0 fully saturated rings. The molecule has 0 bridgehead atoms. The summed E-state index contributed by atoms with van der Waals surface area (Å²) in [7, 11) is 0. The van der Waals surface area contributed by atoms with Gasteiger partial charge in [-0.3, -0.25) is 9.59 Å². The van der Waals surface area contributed by atoms with E-state index >= 15 is 0 Å². The van der Waals surface area contributed by atoms with E-state index in [1.54, 1.807) is 4.90 Å². The number of amides is 2. The topological polar surface area (TPSA) is 49.4 Å². The molecule has 0 spiro atoms. The van der Waals surface area contributed by atoms with Crippen LogP contribution in [0.25, 0.3) is 0 Å². The van der Waals surface area contributed by atoms with Crippen molar-refractivity contribution in [2.75, 3.05) is 6.54 Å². The van der Waals surface area contributed by atoms with Gasteiger partial charge in [0.1, 0.15) is 6.04 Å². The first kappa shape index (κ1) is 16.2. The van der Waals surface area contributed by atoms with E-state index in [0.717, 1.165) is 23.1 Å². The summed E-state index contributed by atoms with van der Waals surface area (Å²) < 4.78 is 0. The van der Waals surface area contributed by atoms with Gasteiger partial charge in [0, 0.05) is 13.5 Å². The van der Waals surface area contributed by atoms with Crippen molar-refractivity contribution in [2.45, 2.75) is 32.4 Å². The molecule has 0 unspecified atom stereocenters. The van der Waals surface area contributed by atoms with E-state index in [1.807, 2.05) is 61.5 Å². The van der Waals surface area contributed by atoms with Crippen LogP contribution in [0.4, 0.5) is 0 Å². The van der Waals surface area contributed by atoms with Crippen molar-refractivity contribution in [3.63, 3.8) is 0 Å². The molecule has 1 aliphatic heterocycles. The molecule has 4 heteroatoms. The highest BCUT2D eigenvalue weighted by Gasteiger charge is 2.34. The zero-order valence-electron chi connectivity index (χ0n) is 14.0. The van der Waals surface area contributed by atoms with E-state index in [9.17, 15) is 9.59 Å². The molecule has 2 atom stereocenters. The summed E-state index contributed by atoms with van der Waals surface area (Å²) in [5, 5.41) is 3.06. The Hall–Kier alpha value is -2.62. The summed E-state index contributed by atoms with van der Waals surface area (Å²) in [5.74, 6) is -0.203. The molecule has 0 saturated carbocycles. The standard InChI is InChI=1S/C20H22N2O2/c1-14(16-8-4-3-5-9-16)21-20(24)19-18-11-7-6-10-17(18)12-13-22(19)15(2)23/h3-11,14,19H,12-13H2,1-2H3,(H,21,24)/t14-,19+/m0/s1. The summed E-state index contributed by atoms with van der Waals surface area (Å²) in [6, 6.07) is 17.0. The third kappa shape index (κ3) is 3.18. The number of fused-ring (bicyclic) bond motifs is 1. The first-order valence-electron chi connectivity index (χ1n) is 8.28. The Kier molecular flexibility index (Phi) is 4.65. The zero-order chi connectivity index (χ0) is 17.1. The molecular formula is C20H22N2O2. The molecule has 2 amide bonds. The van der Waals surface area contributed by atoms with E-state index in [-0.39, 0.29) is 17.9 Å². The van der Waals surface area contributed by atoms with Crippen LogP contribution in [0.15, 0.2) is 54.6 Å². The summed E-state index contributed by atoms with van der Waals surface area (Å²) in [5.41, 5.74) is 3.11. The Morgan fingerprint density at radius 1 is 1.08 bits per heavy atom. The lowest BCUT2D eigenvalue weighted by Crippen LogP contribution is -2.46. The van der Waals surface area contributed by atoms with E-state index in [1.165, 1.54) is 6.92 Å². The lowest BCUT2D eigenvalue weighted by Gasteiger charge is -2.36. The Balaban J connectivity index is 1.87. The molecule has 1 heterocycles. The third-order valence-corrected chi connectivity index (χ3v) is 4.59. The van der Waals surface area contributed by atoms with Crippen molar-refractivity contribution < 1.29 is 9.59 Å². The molecule has 0 radical (unpaired) electrons. The van der Waals surface area contributed by atoms with Crippen molar-refractivity contribution >= 4 is 11.8 Å². The van der Waals surface area contributed by atoms with Crippen LogP contribution in [-0.4, -0.2) is 23.3 Å². The molecule has 2 aromatic rings. The predicted molar refractivity (Wildman–Crippen MR) is 93.3 cm³/mol. The number of carbonyl (C=O) groups is 2. The number of nitrogens with one attached hydrogen (secondary N) is 1. The largest absolute Gasteiger partial charge is 0.347 e. The summed E-state index contributed by atoms with van der Waals surface area (Å²) in [6.45, 7) is 4.05. The lowest BCUT2D eigenvalue weighted by atomic mass is 9.91. The van der Waals surface area contributed by atoms with E-state index in [2.05, 4.69) is 5.32 Å². The molecule has 124 valence electrons. The second kappa shape index (κ2) is 6.87. The van der Waals surface area contributed by atoms with Gasteiger partial charge in [0.05, 0.1) is 6.04 Å². The Morgan fingerprint density at radius 2 is 1.75 bits per heavy atom. The Labute approximate surface area is 142 Å². The molecule has 3 rings (SSSR count). The van der Waals surface area contributed by atoms with Crippen LogP contribution >= 0.6 is 0 Å². The highest BCUT2D eigenvalue weighted by atomic mass is 16.2. The van der Waals surface area contributed by atoms with Crippen molar-refractivity contribution in [3.8, 4) is 0 Å². The molecule has 0 aromatic heterocycles. The quantitative estimate of drug-likeness (QED) is 0.944. The van der Waals surface area contributed by atoms with Crippen molar-refractivity contribution in [3.05, 3.63) is 71.3 Å².